The first-order valence-electron chi connectivity index (χ1n) is 10.9. The van der Waals surface area contributed by atoms with Gasteiger partial charge in [-0.15, -0.1) is 23.2 Å². The molecule has 0 aliphatic heterocycles. The molecule has 0 fully saturated rings. The molecule has 0 aliphatic carbocycles. The zero-order valence-electron chi connectivity index (χ0n) is 17.2. The van der Waals surface area contributed by atoms with Crippen molar-refractivity contribution in [2.75, 3.05) is 11.9 Å². The van der Waals surface area contributed by atoms with E-state index in [-0.39, 0.29) is 16.3 Å². The summed E-state index contributed by atoms with van der Waals surface area (Å²) in [5, 5.41) is 14.3. The van der Waals surface area contributed by atoms with Crippen LogP contribution in [0.5, 0.6) is 0 Å². The number of para-hydroxylation sites is 1. The summed E-state index contributed by atoms with van der Waals surface area (Å²) in [5.74, 6) is -1.17. The minimum absolute atomic E-state index is 0.0105. The molecule has 1 aromatic rings. The second-order valence-corrected chi connectivity index (χ2v) is 8.83. The number of carboxylic acid groups (broad SMARTS) is 1. The highest BCUT2D eigenvalue weighted by Gasteiger charge is 2.12. The molecule has 2 unspecified atom stereocenters. The largest absolute Gasteiger partial charge is 0.545 e. The van der Waals surface area contributed by atoms with Crippen molar-refractivity contribution in [3.8, 4) is 0 Å². The van der Waals surface area contributed by atoms with Crippen LogP contribution in [0.1, 0.15) is 94.3 Å². The molecular formula is C23H36Cl2NO2-. The fourth-order valence-corrected chi connectivity index (χ4v) is 4.15. The quantitative estimate of drug-likeness (QED) is 0.231. The normalized spacial score (nSPS) is 13.2. The molecule has 0 heterocycles. The van der Waals surface area contributed by atoms with Crippen LogP contribution in [0.3, 0.4) is 0 Å². The number of nitrogens with one attached hydrogen (secondary N) is 1. The lowest BCUT2D eigenvalue weighted by molar-refractivity contribution is -0.254. The van der Waals surface area contributed by atoms with E-state index in [1.807, 2.05) is 0 Å². The van der Waals surface area contributed by atoms with Gasteiger partial charge >= 0.3 is 0 Å². The molecule has 160 valence electrons. The fourth-order valence-electron chi connectivity index (χ4n) is 3.37. The Hall–Kier alpha value is -0.930. The van der Waals surface area contributed by atoms with Gasteiger partial charge in [0.1, 0.15) is 0 Å². The minimum atomic E-state index is -1.17. The number of carbonyl (C=O) groups is 1. The van der Waals surface area contributed by atoms with Crippen molar-refractivity contribution in [1.82, 2.24) is 0 Å². The summed E-state index contributed by atoms with van der Waals surface area (Å²) in [6.45, 7) is 2.86. The van der Waals surface area contributed by atoms with Gasteiger partial charge in [0.05, 0.1) is 5.97 Å². The zero-order valence-corrected chi connectivity index (χ0v) is 18.7. The van der Waals surface area contributed by atoms with Gasteiger partial charge in [-0.3, -0.25) is 0 Å². The van der Waals surface area contributed by atoms with Crippen LogP contribution in [0.25, 0.3) is 0 Å². The number of benzene rings is 1. The Bertz CT molecular complexity index is 539. The van der Waals surface area contributed by atoms with Gasteiger partial charge in [-0.25, -0.2) is 0 Å². The van der Waals surface area contributed by atoms with Crippen molar-refractivity contribution in [2.45, 2.75) is 94.7 Å². The van der Waals surface area contributed by atoms with E-state index in [1.54, 1.807) is 18.2 Å². The van der Waals surface area contributed by atoms with Gasteiger partial charge in [0.15, 0.2) is 0 Å². The summed E-state index contributed by atoms with van der Waals surface area (Å²) < 4.78 is 0. The molecule has 0 aliphatic rings. The van der Waals surface area contributed by atoms with Crippen LogP contribution in [-0.2, 0) is 0 Å². The van der Waals surface area contributed by atoms with E-state index in [4.69, 9.17) is 23.2 Å². The maximum absolute atomic E-state index is 11.1. The van der Waals surface area contributed by atoms with Gasteiger partial charge in [-0.05, 0) is 25.3 Å². The lowest BCUT2D eigenvalue weighted by atomic mass is 10.0. The number of hydrogen-bond donors (Lipinski definition) is 1. The Balaban J connectivity index is 2.07. The van der Waals surface area contributed by atoms with Crippen LogP contribution in [0.4, 0.5) is 5.69 Å². The Labute approximate surface area is 181 Å². The highest BCUT2D eigenvalue weighted by atomic mass is 35.5. The molecule has 0 radical (unpaired) electrons. The molecule has 0 saturated heterocycles. The number of hydrogen-bond acceptors (Lipinski definition) is 3. The molecule has 3 nitrogen and oxygen atoms in total. The van der Waals surface area contributed by atoms with Crippen LogP contribution in [-0.4, -0.2) is 23.3 Å². The van der Waals surface area contributed by atoms with E-state index in [0.717, 1.165) is 19.3 Å². The van der Waals surface area contributed by atoms with Crippen LogP contribution >= 0.6 is 23.2 Å². The van der Waals surface area contributed by atoms with Gasteiger partial charge in [-0.2, -0.15) is 0 Å². The average molecular weight is 429 g/mol. The summed E-state index contributed by atoms with van der Waals surface area (Å²) in [7, 11) is 0. The molecule has 0 saturated carbocycles. The van der Waals surface area contributed by atoms with Crippen molar-refractivity contribution in [3.63, 3.8) is 0 Å². The molecular weight excluding hydrogens is 393 g/mol. The van der Waals surface area contributed by atoms with Crippen LogP contribution in [0.2, 0.25) is 0 Å². The van der Waals surface area contributed by atoms with Crippen molar-refractivity contribution >= 4 is 34.9 Å². The van der Waals surface area contributed by atoms with E-state index < -0.39 is 5.97 Å². The molecule has 1 aromatic carbocycles. The number of aromatic carboxylic acids is 1. The second-order valence-electron chi connectivity index (χ2n) is 7.60. The first kappa shape index (κ1) is 25.1. The van der Waals surface area contributed by atoms with Crippen LogP contribution in [0, 0.1) is 0 Å². The molecule has 28 heavy (non-hydrogen) atoms. The Morgan fingerprint density at radius 3 is 2.14 bits per heavy atom. The molecule has 1 N–H and O–H groups in total. The number of rotatable bonds is 17. The van der Waals surface area contributed by atoms with Gasteiger partial charge in [0.25, 0.3) is 0 Å². The molecule has 0 aromatic heterocycles. The first-order chi connectivity index (χ1) is 13.5. The van der Waals surface area contributed by atoms with Crippen LogP contribution < -0.4 is 10.4 Å². The van der Waals surface area contributed by atoms with Gasteiger partial charge in [-0.1, -0.05) is 82.9 Å². The van der Waals surface area contributed by atoms with E-state index in [1.165, 1.54) is 63.9 Å². The van der Waals surface area contributed by atoms with E-state index in [2.05, 4.69) is 12.2 Å². The first-order valence-corrected chi connectivity index (χ1v) is 11.7. The molecule has 0 spiro atoms. The van der Waals surface area contributed by atoms with Crippen LogP contribution in [0.15, 0.2) is 24.3 Å². The highest BCUT2D eigenvalue weighted by molar-refractivity contribution is 6.23. The molecule has 1 rings (SSSR count). The summed E-state index contributed by atoms with van der Waals surface area (Å²) in [6.07, 6.45) is 14.4. The predicted molar refractivity (Wildman–Crippen MR) is 120 cm³/mol. The van der Waals surface area contributed by atoms with Crippen molar-refractivity contribution < 1.29 is 9.90 Å². The molecule has 0 amide bonds. The zero-order chi connectivity index (χ0) is 20.6. The second kappa shape index (κ2) is 15.9. The summed E-state index contributed by atoms with van der Waals surface area (Å²) >= 11 is 12.9. The number of carboxylic acids is 1. The Morgan fingerprint density at radius 2 is 1.50 bits per heavy atom. The number of unbranched alkanes of at least 4 members (excludes halogenated alkanes) is 8. The SMILES string of the molecule is CCCCCCCCCCCC(Cl)CC(Cl)CCNc1ccccc1C(=O)[O-]. The third-order valence-corrected chi connectivity index (χ3v) is 5.85. The smallest absolute Gasteiger partial charge is 0.0736 e. The third kappa shape index (κ3) is 11.8. The van der Waals surface area contributed by atoms with Crippen molar-refractivity contribution in [2.24, 2.45) is 0 Å². The van der Waals surface area contributed by atoms with E-state index in [0.29, 0.717) is 12.2 Å². The lowest BCUT2D eigenvalue weighted by Crippen LogP contribution is -2.24. The fraction of sp³-hybridized carbons (Fsp3) is 0.696. The Kier molecular flexibility index (Phi) is 14.3. The summed E-state index contributed by atoms with van der Waals surface area (Å²) in [6, 6.07) is 6.76. The summed E-state index contributed by atoms with van der Waals surface area (Å²) in [5.41, 5.74) is 0.748. The lowest BCUT2D eigenvalue weighted by Gasteiger charge is -2.16. The highest BCUT2D eigenvalue weighted by Crippen LogP contribution is 2.21. The minimum Gasteiger partial charge on any atom is -0.545 e. The number of carbonyl (C=O) groups excluding carboxylic acids is 1. The number of alkyl halides is 2. The molecule has 2 atom stereocenters. The monoisotopic (exact) mass is 428 g/mol. The Morgan fingerprint density at radius 1 is 0.929 bits per heavy atom. The summed E-state index contributed by atoms with van der Waals surface area (Å²) in [4.78, 5) is 11.1. The average Bonchev–Trinajstić information content (AvgIpc) is 2.67. The predicted octanol–water partition coefficient (Wildman–Crippen LogP) is 6.38. The van der Waals surface area contributed by atoms with Gasteiger partial charge in [0.2, 0.25) is 0 Å². The maximum Gasteiger partial charge on any atom is 0.0736 e. The third-order valence-electron chi connectivity index (χ3n) is 5.05. The molecule has 0 bridgehead atoms. The molecule has 5 heteroatoms. The standard InChI is InChI=1S/C23H37Cl2NO2/c1-2-3-4-5-6-7-8-9-10-13-19(24)18-20(25)16-17-26-22-15-12-11-14-21(22)23(27)28/h11-12,14-15,19-20,26H,2-10,13,16-18H2,1H3,(H,27,28)/p-1. The number of anilines is 1. The number of halogens is 2. The van der Waals surface area contributed by atoms with Crippen molar-refractivity contribution in [1.29, 1.82) is 0 Å². The maximum atomic E-state index is 11.1. The van der Waals surface area contributed by atoms with Gasteiger partial charge in [0, 0.05) is 28.5 Å². The topological polar surface area (TPSA) is 52.2 Å². The van der Waals surface area contributed by atoms with Crippen molar-refractivity contribution in [3.05, 3.63) is 29.8 Å². The van der Waals surface area contributed by atoms with E-state index in [9.17, 15) is 9.90 Å². The van der Waals surface area contributed by atoms with Gasteiger partial charge < -0.3 is 15.2 Å². The van der Waals surface area contributed by atoms with E-state index >= 15 is 0 Å².